The Kier molecular flexibility index (Phi) is 6.17. The van der Waals surface area contributed by atoms with E-state index in [9.17, 15) is 10.2 Å². The predicted molar refractivity (Wildman–Crippen MR) is 56.8 cm³/mol. The predicted octanol–water partition coefficient (Wildman–Crippen LogP) is 0.752. The zero-order valence-electron chi connectivity index (χ0n) is 9.27. The summed E-state index contributed by atoms with van der Waals surface area (Å²) >= 11 is 0. The smallest absolute Gasteiger partial charge is 0.107 e. The Morgan fingerprint density at radius 1 is 1.13 bits per heavy atom. The van der Waals surface area contributed by atoms with Gasteiger partial charge in [-0.3, -0.25) is 4.90 Å². The van der Waals surface area contributed by atoms with Crippen molar-refractivity contribution in [2.75, 3.05) is 19.8 Å². The molecule has 1 radical (unpaired) electrons. The first kappa shape index (κ1) is 12.9. The Balaban J connectivity index is 2.13. The highest BCUT2D eigenvalue weighted by atomic mass is 16.3. The number of hydrogen-bond donors (Lipinski definition) is 2. The van der Waals surface area contributed by atoms with Gasteiger partial charge >= 0.3 is 0 Å². The standard InChI is InChI=1S/C11H22NO3/c13-8-4-2-1-3-7-12-10(9-14)5-6-11(12)15/h10-11,14-15H,1-9H2. The van der Waals surface area contributed by atoms with Crippen LogP contribution in [0.15, 0.2) is 0 Å². The molecule has 0 aromatic heterocycles. The quantitative estimate of drug-likeness (QED) is 0.617. The molecule has 1 aliphatic rings. The van der Waals surface area contributed by atoms with Crippen LogP contribution in [0.1, 0.15) is 38.5 Å². The van der Waals surface area contributed by atoms with Crippen molar-refractivity contribution in [1.29, 1.82) is 0 Å². The fraction of sp³-hybridized carbons (Fsp3) is 1.00. The second-order valence-electron chi connectivity index (χ2n) is 4.25. The van der Waals surface area contributed by atoms with E-state index in [1.165, 1.54) is 0 Å². The third kappa shape index (κ3) is 4.07. The Hall–Kier alpha value is -0.160. The minimum absolute atomic E-state index is 0.0194. The Labute approximate surface area is 91.5 Å². The highest BCUT2D eigenvalue weighted by Crippen LogP contribution is 2.22. The molecule has 2 atom stereocenters. The lowest BCUT2D eigenvalue weighted by Crippen LogP contribution is -2.38. The third-order valence-corrected chi connectivity index (χ3v) is 3.13. The van der Waals surface area contributed by atoms with Crippen LogP contribution in [0, 0.1) is 0 Å². The Bertz CT molecular complexity index is 166. The molecule has 1 rings (SSSR count). The van der Waals surface area contributed by atoms with Crippen LogP contribution < -0.4 is 0 Å². The maximum atomic E-state index is 10.2. The average molecular weight is 216 g/mol. The van der Waals surface area contributed by atoms with Gasteiger partial charge in [0.05, 0.1) is 13.2 Å². The number of hydrogen-bond acceptors (Lipinski definition) is 3. The molecule has 0 spiro atoms. The maximum Gasteiger partial charge on any atom is 0.107 e. The molecular weight excluding hydrogens is 194 g/mol. The minimum atomic E-state index is -0.373. The monoisotopic (exact) mass is 216 g/mol. The molecule has 1 saturated heterocycles. The van der Waals surface area contributed by atoms with E-state index in [0.29, 0.717) is 0 Å². The number of nitrogens with zero attached hydrogens (tertiary/aromatic N) is 1. The second kappa shape index (κ2) is 7.17. The molecule has 1 aliphatic heterocycles. The lowest BCUT2D eigenvalue weighted by molar-refractivity contribution is 0.00349. The van der Waals surface area contributed by atoms with Crippen molar-refractivity contribution in [1.82, 2.24) is 4.90 Å². The normalized spacial score (nSPS) is 27.4. The molecule has 0 amide bonds. The maximum absolute atomic E-state index is 10.2. The van der Waals surface area contributed by atoms with Crippen molar-refractivity contribution in [2.45, 2.75) is 50.8 Å². The van der Waals surface area contributed by atoms with Gasteiger partial charge < -0.3 is 10.2 Å². The highest BCUT2D eigenvalue weighted by Gasteiger charge is 2.30. The molecule has 15 heavy (non-hydrogen) atoms. The fourth-order valence-corrected chi connectivity index (χ4v) is 2.19. The van der Waals surface area contributed by atoms with Gasteiger partial charge in [0.1, 0.15) is 6.23 Å². The van der Waals surface area contributed by atoms with E-state index < -0.39 is 0 Å². The molecule has 2 unspecified atom stereocenters. The van der Waals surface area contributed by atoms with Crippen LogP contribution in [-0.4, -0.2) is 47.1 Å². The van der Waals surface area contributed by atoms with Crippen molar-refractivity contribution in [3.05, 3.63) is 0 Å². The van der Waals surface area contributed by atoms with E-state index in [0.717, 1.165) is 45.1 Å². The van der Waals surface area contributed by atoms with Crippen molar-refractivity contribution in [3.8, 4) is 0 Å². The van der Waals surface area contributed by atoms with E-state index in [1.807, 2.05) is 4.90 Å². The topological polar surface area (TPSA) is 63.6 Å². The van der Waals surface area contributed by atoms with Gasteiger partial charge in [0, 0.05) is 12.6 Å². The molecule has 0 aliphatic carbocycles. The summed E-state index contributed by atoms with van der Waals surface area (Å²) in [6.07, 6.45) is 5.08. The largest absolute Gasteiger partial charge is 0.395 e. The molecule has 4 heteroatoms. The molecule has 1 heterocycles. The van der Waals surface area contributed by atoms with Crippen LogP contribution >= 0.6 is 0 Å². The molecule has 89 valence electrons. The Morgan fingerprint density at radius 3 is 2.53 bits per heavy atom. The molecular formula is C11H22NO3. The van der Waals surface area contributed by atoms with Gasteiger partial charge in [-0.05, 0) is 25.7 Å². The van der Waals surface area contributed by atoms with E-state index in [4.69, 9.17) is 5.11 Å². The van der Waals surface area contributed by atoms with Crippen molar-refractivity contribution in [3.63, 3.8) is 0 Å². The number of rotatable bonds is 7. The summed E-state index contributed by atoms with van der Waals surface area (Å²) in [5.41, 5.74) is 0. The fourth-order valence-electron chi connectivity index (χ4n) is 2.19. The molecule has 0 aromatic rings. The van der Waals surface area contributed by atoms with E-state index in [1.54, 1.807) is 0 Å². The highest BCUT2D eigenvalue weighted by molar-refractivity contribution is 4.81. The Morgan fingerprint density at radius 2 is 1.87 bits per heavy atom. The van der Waals surface area contributed by atoms with Crippen LogP contribution in [0.2, 0.25) is 0 Å². The van der Waals surface area contributed by atoms with Crippen LogP contribution in [0.25, 0.3) is 0 Å². The summed E-state index contributed by atoms with van der Waals surface area (Å²) in [6, 6.07) is 0.138. The van der Waals surface area contributed by atoms with Gasteiger partial charge in [0.15, 0.2) is 0 Å². The van der Waals surface area contributed by atoms with Gasteiger partial charge in [-0.15, -0.1) is 0 Å². The van der Waals surface area contributed by atoms with Crippen LogP contribution in [0.5, 0.6) is 0 Å². The summed E-state index contributed by atoms with van der Waals surface area (Å²) in [5, 5.41) is 29.0. The first-order chi connectivity index (χ1) is 7.29. The first-order valence-electron chi connectivity index (χ1n) is 5.92. The van der Waals surface area contributed by atoms with Gasteiger partial charge in [0.25, 0.3) is 0 Å². The van der Waals surface area contributed by atoms with Crippen molar-refractivity contribution >= 4 is 0 Å². The molecule has 1 fully saturated rings. The van der Waals surface area contributed by atoms with Crippen LogP contribution in [0.4, 0.5) is 0 Å². The number of likely N-dealkylation sites (tertiary alicyclic amines) is 1. The lowest BCUT2D eigenvalue weighted by atomic mass is 10.2. The van der Waals surface area contributed by atoms with Gasteiger partial charge in [-0.25, -0.2) is 5.11 Å². The van der Waals surface area contributed by atoms with Crippen molar-refractivity contribution < 1.29 is 15.3 Å². The van der Waals surface area contributed by atoms with Gasteiger partial charge in [-0.2, -0.15) is 0 Å². The second-order valence-corrected chi connectivity index (χ2v) is 4.25. The van der Waals surface area contributed by atoms with Gasteiger partial charge in [-0.1, -0.05) is 12.8 Å². The van der Waals surface area contributed by atoms with Crippen molar-refractivity contribution in [2.24, 2.45) is 0 Å². The summed E-state index contributed by atoms with van der Waals surface area (Å²) < 4.78 is 0. The average Bonchev–Trinajstić information content (AvgIpc) is 2.60. The lowest BCUT2D eigenvalue weighted by Gasteiger charge is -2.25. The van der Waals surface area contributed by atoms with Gasteiger partial charge in [0.2, 0.25) is 0 Å². The minimum Gasteiger partial charge on any atom is -0.395 e. The molecule has 0 aromatic carbocycles. The molecule has 2 N–H and O–H groups in total. The zero-order chi connectivity index (χ0) is 11.1. The van der Waals surface area contributed by atoms with Crippen LogP contribution in [0.3, 0.4) is 0 Å². The van der Waals surface area contributed by atoms with E-state index in [2.05, 4.69) is 0 Å². The summed E-state index contributed by atoms with van der Waals surface area (Å²) in [7, 11) is 0. The van der Waals surface area contributed by atoms with Crippen LogP contribution in [-0.2, 0) is 5.11 Å². The summed E-state index contributed by atoms with van der Waals surface area (Å²) in [5.74, 6) is 0. The SMILES string of the molecule is [O]CCCCCCN1C(O)CCC1CO. The number of unbranched alkanes of at least 4 members (excludes halogenated alkanes) is 3. The summed E-state index contributed by atoms with van der Waals surface area (Å²) in [6.45, 7) is 0.995. The zero-order valence-corrected chi connectivity index (χ0v) is 9.27. The first-order valence-corrected chi connectivity index (χ1v) is 5.92. The molecule has 0 bridgehead atoms. The van der Waals surface area contributed by atoms with E-state index >= 15 is 0 Å². The number of aliphatic hydroxyl groups is 2. The third-order valence-electron chi connectivity index (χ3n) is 3.13. The molecule has 4 nitrogen and oxygen atoms in total. The molecule has 0 saturated carbocycles. The number of aliphatic hydroxyl groups excluding tert-OH is 2. The van der Waals surface area contributed by atoms with E-state index in [-0.39, 0.29) is 25.5 Å². The summed E-state index contributed by atoms with van der Waals surface area (Å²) in [4.78, 5) is 1.98.